The van der Waals surface area contributed by atoms with Gasteiger partial charge in [0.25, 0.3) is 0 Å². The minimum Gasteiger partial charge on any atom is -0.207 e. The van der Waals surface area contributed by atoms with Crippen molar-refractivity contribution >= 4 is 10.0 Å². The van der Waals surface area contributed by atoms with E-state index in [9.17, 15) is 12.8 Å². The molecule has 0 heterocycles. The van der Waals surface area contributed by atoms with Gasteiger partial charge in [-0.25, -0.2) is 17.5 Å². The smallest absolute Gasteiger partial charge is 0.207 e. The van der Waals surface area contributed by atoms with Crippen LogP contribution < -0.4 is 4.72 Å². The third kappa shape index (κ3) is 3.68. The summed E-state index contributed by atoms with van der Waals surface area (Å²) in [6.07, 6.45) is 0. The molecule has 1 atom stereocenters. The Kier molecular flexibility index (Phi) is 4.44. The number of hydrogen-bond acceptors (Lipinski definition) is 2. The normalized spacial score (nSPS) is 13.1. The van der Waals surface area contributed by atoms with Crippen molar-refractivity contribution in [2.75, 3.05) is 0 Å². The Hall–Kier alpha value is -1.72. The van der Waals surface area contributed by atoms with E-state index in [4.69, 9.17) is 0 Å². The summed E-state index contributed by atoms with van der Waals surface area (Å²) >= 11 is 0. The highest BCUT2D eigenvalue weighted by molar-refractivity contribution is 7.89. The minimum atomic E-state index is -3.67. The molecular formula is C16H18FNO2S. The van der Waals surface area contributed by atoms with Gasteiger partial charge in [-0.2, -0.15) is 0 Å². The lowest BCUT2D eigenvalue weighted by Crippen LogP contribution is -2.27. The lowest BCUT2D eigenvalue weighted by Gasteiger charge is -2.17. The van der Waals surface area contributed by atoms with Gasteiger partial charge in [0.15, 0.2) is 0 Å². The summed E-state index contributed by atoms with van der Waals surface area (Å²) in [5.41, 5.74) is 3.08. The van der Waals surface area contributed by atoms with Gasteiger partial charge in [-0.05, 0) is 56.2 Å². The first-order chi connectivity index (χ1) is 9.79. The van der Waals surface area contributed by atoms with Crippen molar-refractivity contribution < 1.29 is 12.8 Å². The summed E-state index contributed by atoms with van der Waals surface area (Å²) in [5.74, 6) is -0.462. The quantitative estimate of drug-likeness (QED) is 0.940. The second kappa shape index (κ2) is 5.95. The Morgan fingerprint density at radius 3 is 2.24 bits per heavy atom. The maximum Gasteiger partial charge on any atom is 0.241 e. The molecule has 0 amide bonds. The van der Waals surface area contributed by atoms with Crippen molar-refractivity contribution in [1.82, 2.24) is 4.72 Å². The molecule has 112 valence electrons. The molecule has 21 heavy (non-hydrogen) atoms. The first-order valence-corrected chi connectivity index (χ1v) is 8.13. The Balaban J connectivity index is 2.25. The molecule has 5 heteroatoms. The van der Waals surface area contributed by atoms with Crippen LogP contribution in [0, 0.1) is 19.7 Å². The Bertz CT molecular complexity index is 739. The van der Waals surface area contributed by atoms with Gasteiger partial charge in [-0.3, -0.25) is 0 Å². The van der Waals surface area contributed by atoms with Crippen LogP contribution in [-0.4, -0.2) is 8.42 Å². The van der Waals surface area contributed by atoms with Crippen LogP contribution in [0.3, 0.4) is 0 Å². The van der Waals surface area contributed by atoms with Gasteiger partial charge in [0.2, 0.25) is 10.0 Å². The van der Waals surface area contributed by atoms with E-state index in [0.717, 1.165) is 28.8 Å². The van der Waals surface area contributed by atoms with E-state index in [2.05, 4.69) is 4.72 Å². The molecule has 0 unspecified atom stereocenters. The first kappa shape index (κ1) is 15.7. The van der Waals surface area contributed by atoms with Crippen molar-refractivity contribution in [2.24, 2.45) is 0 Å². The molecule has 0 spiro atoms. The summed E-state index contributed by atoms with van der Waals surface area (Å²) < 4.78 is 40.0. The lowest BCUT2D eigenvalue weighted by molar-refractivity contribution is 0.566. The van der Waals surface area contributed by atoms with E-state index in [1.807, 2.05) is 32.0 Å². The molecule has 2 rings (SSSR count). The maximum atomic E-state index is 12.9. The molecule has 0 aliphatic heterocycles. The molecule has 1 N–H and O–H groups in total. The van der Waals surface area contributed by atoms with Gasteiger partial charge in [-0.15, -0.1) is 0 Å². The number of halogens is 1. The Morgan fingerprint density at radius 2 is 1.67 bits per heavy atom. The number of nitrogens with one attached hydrogen (secondary N) is 1. The van der Waals surface area contributed by atoms with Crippen molar-refractivity contribution in [3.05, 3.63) is 65.0 Å². The first-order valence-electron chi connectivity index (χ1n) is 6.64. The van der Waals surface area contributed by atoms with Crippen molar-refractivity contribution in [3.63, 3.8) is 0 Å². The van der Waals surface area contributed by atoms with Crippen LogP contribution in [0.5, 0.6) is 0 Å². The van der Waals surface area contributed by atoms with Crippen LogP contribution in [0.15, 0.2) is 47.4 Å². The molecule has 0 radical (unpaired) electrons. The highest BCUT2D eigenvalue weighted by atomic mass is 32.2. The molecule has 0 saturated carbocycles. The van der Waals surface area contributed by atoms with E-state index in [1.165, 1.54) is 12.1 Å². The number of benzene rings is 2. The van der Waals surface area contributed by atoms with Crippen LogP contribution in [0.4, 0.5) is 4.39 Å². The molecule has 0 aliphatic rings. The van der Waals surface area contributed by atoms with Crippen LogP contribution in [0.1, 0.15) is 29.7 Å². The van der Waals surface area contributed by atoms with Gasteiger partial charge >= 0.3 is 0 Å². The SMILES string of the molecule is Cc1ccc([C@@H](C)NS(=O)(=O)c2ccc(F)cc2)c(C)c1. The zero-order valence-corrected chi connectivity index (χ0v) is 13.0. The zero-order chi connectivity index (χ0) is 15.6. The van der Waals surface area contributed by atoms with Crippen LogP contribution in [0.2, 0.25) is 0 Å². The van der Waals surface area contributed by atoms with Crippen LogP contribution >= 0.6 is 0 Å². The van der Waals surface area contributed by atoms with E-state index in [1.54, 1.807) is 6.92 Å². The van der Waals surface area contributed by atoms with Gasteiger partial charge in [0, 0.05) is 6.04 Å². The van der Waals surface area contributed by atoms with Crippen molar-refractivity contribution in [2.45, 2.75) is 31.7 Å². The second-order valence-electron chi connectivity index (χ2n) is 5.16. The van der Waals surface area contributed by atoms with Crippen molar-refractivity contribution in [3.8, 4) is 0 Å². The summed E-state index contributed by atoms with van der Waals surface area (Å²) in [4.78, 5) is 0.0560. The standard InChI is InChI=1S/C16H18FNO2S/c1-11-4-9-16(12(2)10-11)13(3)18-21(19,20)15-7-5-14(17)6-8-15/h4-10,13,18H,1-3H3/t13-/m1/s1. The van der Waals surface area contributed by atoms with Crippen LogP contribution in [-0.2, 0) is 10.0 Å². The third-order valence-corrected chi connectivity index (χ3v) is 4.90. The average Bonchev–Trinajstić information content (AvgIpc) is 2.38. The van der Waals surface area contributed by atoms with E-state index >= 15 is 0 Å². The lowest BCUT2D eigenvalue weighted by atomic mass is 10.0. The van der Waals surface area contributed by atoms with Crippen molar-refractivity contribution in [1.29, 1.82) is 0 Å². The molecule has 0 bridgehead atoms. The summed E-state index contributed by atoms with van der Waals surface area (Å²) in [6, 6.07) is 10.3. The number of sulfonamides is 1. The van der Waals surface area contributed by atoms with Gasteiger partial charge < -0.3 is 0 Å². The molecule has 0 aliphatic carbocycles. The molecule has 2 aromatic carbocycles. The summed E-state index contributed by atoms with van der Waals surface area (Å²) in [5, 5.41) is 0. The number of hydrogen-bond donors (Lipinski definition) is 1. The van der Waals surface area contributed by atoms with Gasteiger partial charge in [0.05, 0.1) is 4.90 Å². The largest absolute Gasteiger partial charge is 0.241 e. The zero-order valence-electron chi connectivity index (χ0n) is 12.2. The molecule has 3 nitrogen and oxygen atoms in total. The molecule has 0 saturated heterocycles. The highest BCUT2D eigenvalue weighted by Gasteiger charge is 2.19. The second-order valence-corrected chi connectivity index (χ2v) is 6.87. The van der Waals surface area contributed by atoms with Gasteiger partial charge in [0.1, 0.15) is 5.82 Å². The third-order valence-electron chi connectivity index (χ3n) is 3.35. The summed E-state index contributed by atoms with van der Waals surface area (Å²) in [7, 11) is -3.67. The summed E-state index contributed by atoms with van der Waals surface area (Å²) in [6.45, 7) is 5.73. The van der Waals surface area contributed by atoms with Gasteiger partial charge in [-0.1, -0.05) is 23.8 Å². The maximum absolute atomic E-state index is 12.9. The predicted octanol–water partition coefficient (Wildman–Crippen LogP) is 3.48. The number of rotatable bonds is 4. The average molecular weight is 307 g/mol. The van der Waals surface area contributed by atoms with E-state index < -0.39 is 15.8 Å². The fraction of sp³-hybridized carbons (Fsp3) is 0.250. The number of aryl methyl sites for hydroxylation is 2. The van der Waals surface area contributed by atoms with Crippen LogP contribution in [0.25, 0.3) is 0 Å². The topological polar surface area (TPSA) is 46.2 Å². The monoisotopic (exact) mass is 307 g/mol. The highest BCUT2D eigenvalue weighted by Crippen LogP contribution is 2.21. The predicted molar refractivity (Wildman–Crippen MR) is 81.1 cm³/mol. The molecular weight excluding hydrogens is 289 g/mol. The fourth-order valence-corrected chi connectivity index (χ4v) is 3.51. The fourth-order valence-electron chi connectivity index (χ4n) is 2.29. The molecule has 2 aromatic rings. The Labute approximate surface area is 124 Å². The molecule has 0 fully saturated rings. The Morgan fingerprint density at radius 1 is 1.05 bits per heavy atom. The van der Waals surface area contributed by atoms with E-state index in [-0.39, 0.29) is 10.9 Å². The van der Waals surface area contributed by atoms with E-state index in [0.29, 0.717) is 0 Å². The minimum absolute atomic E-state index is 0.0560. The molecule has 0 aromatic heterocycles.